The Hall–Kier alpha value is -1.27. The number of hydrogen-bond donors (Lipinski definition) is 2. The first-order valence-corrected chi connectivity index (χ1v) is 9.05. The van der Waals surface area contributed by atoms with Gasteiger partial charge in [0.2, 0.25) is 10.0 Å². The highest BCUT2D eigenvalue weighted by molar-refractivity contribution is 7.93. The van der Waals surface area contributed by atoms with E-state index in [1.807, 2.05) is 19.9 Å². The average molecular weight is 312 g/mol. The minimum absolute atomic E-state index is 0.111. The number of hydrogen-bond acceptors (Lipinski definition) is 4. The van der Waals surface area contributed by atoms with Crippen LogP contribution < -0.4 is 14.8 Å². The largest absolute Gasteiger partial charge is 0.491 e. The lowest BCUT2D eigenvalue weighted by atomic mass is 10.2. The maximum absolute atomic E-state index is 12.4. The maximum Gasteiger partial charge on any atom is 0.236 e. The molecule has 1 heterocycles. The molecule has 1 aliphatic rings. The topological polar surface area (TPSA) is 67.4 Å². The van der Waals surface area contributed by atoms with Crippen LogP contribution in [0.25, 0.3) is 0 Å². The van der Waals surface area contributed by atoms with Crippen LogP contribution in [0, 0.1) is 0 Å². The van der Waals surface area contributed by atoms with E-state index in [1.54, 1.807) is 18.2 Å². The van der Waals surface area contributed by atoms with Gasteiger partial charge in [-0.15, -0.1) is 0 Å². The standard InChI is InChI=1S/C15H24N2O3S/c1-3-12(2)20-14-7-4-6-13(10-14)17-21(18,19)15-8-5-9-16-11-15/h4,6-7,10,12,15-17H,3,5,8-9,11H2,1-2H3. The zero-order valence-corrected chi connectivity index (χ0v) is 13.4. The van der Waals surface area contributed by atoms with Crippen LogP contribution in [0.5, 0.6) is 5.75 Å². The van der Waals surface area contributed by atoms with E-state index in [0.29, 0.717) is 24.4 Å². The Morgan fingerprint density at radius 1 is 1.48 bits per heavy atom. The normalized spacial score (nSPS) is 20.8. The van der Waals surface area contributed by atoms with Gasteiger partial charge in [0.25, 0.3) is 0 Å². The van der Waals surface area contributed by atoms with Gasteiger partial charge < -0.3 is 10.1 Å². The molecule has 0 spiro atoms. The van der Waals surface area contributed by atoms with Gasteiger partial charge in [0.1, 0.15) is 5.75 Å². The van der Waals surface area contributed by atoms with E-state index in [0.717, 1.165) is 19.4 Å². The highest BCUT2D eigenvalue weighted by Gasteiger charge is 2.27. The van der Waals surface area contributed by atoms with Gasteiger partial charge in [0.15, 0.2) is 0 Å². The lowest BCUT2D eigenvalue weighted by Crippen LogP contribution is -2.41. The summed E-state index contributed by atoms with van der Waals surface area (Å²) in [6.07, 6.45) is 2.61. The van der Waals surface area contributed by atoms with Crippen molar-refractivity contribution in [2.24, 2.45) is 0 Å². The van der Waals surface area contributed by atoms with Gasteiger partial charge in [-0.1, -0.05) is 13.0 Å². The molecule has 2 atom stereocenters. The monoisotopic (exact) mass is 312 g/mol. The molecule has 1 fully saturated rings. The van der Waals surface area contributed by atoms with Crippen molar-refractivity contribution in [3.05, 3.63) is 24.3 Å². The summed E-state index contributed by atoms with van der Waals surface area (Å²) in [5.41, 5.74) is 0.557. The van der Waals surface area contributed by atoms with Gasteiger partial charge in [-0.25, -0.2) is 8.42 Å². The second-order valence-electron chi connectivity index (χ2n) is 5.48. The van der Waals surface area contributed by atoms with E-state index in [-0.39, 0.29) is 11.4 Å². The Morgan fingerprint density at radius 2 is 2.29 bits per heavy atom. The molecule has 0 amide bonds. The molecule has 0 radical (unpaired) electrons. The van der Waals surface area contributed by atoms with Crippen molar-refractivity contribution in [3.63, 3.8) is 0 Å². The molecule has 1 aliphatic heterocycles. The molecule has 0 aromatic heterocycles. The second-order valence-corrected chi connectivity index (χ2v) is 7.44. The summed E-state index contributed by atoms with van der Waals surface area (Å²) in [5.74, 6) is 0.686. The average Bonchev–Trinajstić information content (AvgIpc) is 2.48. The number of nitrogens with one attached hydrogen (secondary N) is 2. The summed E-state index contributed by atoms with van der Waals surface area (Å²) >= 11 is 0. The first-order valence-electron chi connectivity index (χ1n) is 7.50. The lowest BCUT2D eigenvalue weighted by Gasteiger charge is -2.23. The van der Waals surface area contributed by atoms with E-state index in [2.05, 4.69) is 10.0 Å². The van der Waals surface area contributed by atoms with Crippen molar-refractivity contribution < 1.29 is 13.2 Å². The number of piperidine rings is 1. The van der Waals surface area contributed by atoms with Gasteiger partial charge in [-0.2, -0.15) is 0 Å². The van der Waals surface area contributed by atoms with Gasteiger partial charge in [-0.3, -0.25) is 4.72 Å². The first kappa shape index (κ1) is 16.1. The Bertz CT molecular complexity index is 554. The molecule has 118 valence electrons. The predicted octanol–water partition coefficient (Wildman–Crippen LogP) is 2.36. The molecule has 0 bridgehead atoms. The summed E-state index contributed by atoms with van der Waals surface area (Å²) in [7, 11) is -3.36. The summed E-state index contributed by atoms with van der Waals surface area (Å²) in [4.78, 5) is 0. The van der Waals surface area contributed by atoms with Crippen LogP contribution in [0.3, 0.4) is 0 Å². The van der Waals surface area contributed by atoms with E-state index in [4.69, 9.17) is 4.74 Å². The summed E-state index contributed by atoms with van der Waals surface area (Å²) < 4.78 is 33.1. The summed E-state index contributed by atoms with van der Waals surface area (Å²) in [6, 6.07) is 7.12. The molecular formula is C15H24N2O3S. The van der Waals surface area contributed by atoms with Crippen molar-refractivity contribution in [2.75, 3.05) is 17.8 Å². The number of anilines is 1. The maximum atomic E-state index is 12.4. The zero-order chi connectivity index (χ0) is 15.3. The smallest absolute Gasteiger partial charge is 0.236 e. The predicted molar refractivity (Wildman–Crippen MR) is 85.3 cm³/mol. The molecule has 2 N–H and O–H groups in total. The Kier molecular flexibility index (Phi) is 5.47. The van der Waals surface area contributed by atoms with Crippen LogP contribution in [-0.2, 0) is 10.0 Å². The second kappa shape index (κ2) is 7.13. The fourth-order valence-corrected chi connectivity index (χ4v) is 3.72. The highest BCUT2D eigenvalue weighted by Crippen LogP contribution is 2.22. The number of ether oxygens (including phenoxy) is 1. The summed E-state index contributed by atoms with van der Waals surface area (Å²) in [6.45, 7) is 5.44. The van der Waals surface area contributed by atoms with Crippen molar-refractivity contribution in [1.29, 1.82) is 0 Å². The van der Waals surface area contributed by atoms with Crippen LogP contribution >= 0.6 is 0 Å². The molecule has 1 aromatic carbocycles. The molecule has 0 aliphatic carbocycles. The minimum Gasteiger partial charge on any atom is -0.491 e. The van der Waals surface area contributed by atoms with Crippen LogP contribution in [0.2, 0.25) is 0 Å². The number of sulfonamides is 1. The van der Waals surface area contributed by atoms with Crippen molar-refractivity contribution in [3.8, 4) is 5.75 Å². The molecule has 1 aromatic rings. The van der Waals surface area contributed by atoms with E-state index in [9.17, 15) is 8.42 Å². The quantitative estimate of drug-likeness (QED) is 0.846. The first-order chi connectivity index (χ1) is 10.0. The van der Waals surface area contributed by atoms with Crippen LogP contribution in [0.4, 0.5) is 5.69 Å². The Morgan fingerprint density at radius 3 is 2.95 bits per heavy atom. The molecular weight excluding hydrogens is 288 g/mol. The van der Waals surface area contributed by atoms with Crippen molar-refractivity contribution >= 4 is 15.7 Å². The molecule has 5 nitrogen and oxygen atoms in total. The van der Waals surface area contributed by atoms with Crippen molar-refractivity contribution in [2.45, 2.75) is 44.5 Å². The van der Waals surface area contributed by atoms with E-state index >= 15 is 0 Å². The fraction of sp³-hybridized carbons (Fsp3) is 0.600. The lowest BCUT2D eigenvalue weighted by molar-refractivity contribution is 0.217. The third-order valence-corrected chi connectivity index (χ3v) is 5.50. The molecule has 0 saturated carbocycles. The van der Waals surface area contributed by atoms with Gasteiger partial charge >= 0.3 is 0 Å². The SMILES string of the molecule is CCC(C)Oc1cccc(NS(=O)(=O)C2CCCNC2)c1. The highest BCUT2D eigenvalue weighted by atomic mass is 32.2. The molecule has 2 rings (SSSR count). The van der Waals surface area contributed by atoms with E-state index in [1.165, 1.54) is 0 Å². The Balaban J connectivity index is 2.06. The molecule has 6 heteroatoms. The van der Waals surface area contributed by atoms with E-state index < -0.39 is 10.0 Å². The van der Waals surface area contributed by atoms with Crippen LogP contribution in [-0.4, -0.2) is 32.9 Å². The minimum atomic E-state index is -3.36. The van der Waals surface area contributed by atoms with Crippen molar-refractivity contribution in [1.82, 2.24) is 5.32 Å². The fourth-order valence-electron chi connectivity index (χ4n) is 2.28. The number of benzene rings is 1. The van der Waals surface area contributed by atoms with Crippen LogP contribution in [0.15, 0.2) is 24.3 Å². The van der Waals surface area contributed by atoms with Gasteiger partial charge in [0, 0.05) is 12.6 Å². The molecule has 21 heavy (non-hydrogen) atoms. The Labute approximate surface area is 127 Å². The van der Waals surface area contributed by atoms with Gasteiger partial charge in [0.05, 0.1) is 17.0 Å². The van der Waals surface area contributed by atoms with Gasteiger partial charge in [-0.05, 0) is 44.9 Å². The summed E-state index contributed by atoms with van der Waals surface area (Å²) in [5, 5.41) is 2.76. The third-order valence-electron chi connectivity index (χ3n) is 3.70. The molecule has 1 saturated heterocycles. The van der Waals surface area contributed by atoms with Crippen LogP contribution in [0.1, 0.15) is 33.1 Å². The third kappa shape index (κ3) is 4.61. The molecule has 2 unspecified atom stereocenters. The zero-order valence-electron chi connectivity index (χ0n) is 12.6. The number of rotatable bonds is 6.